The van der Waals surface area contributed by atoms with Crippen LogP contribution in [0.25, 0.3) is 0 Å². The lowest BCUT2D eigenvalue weighted by Gasteiger charge is -2.17. The van der Waals surface area contributed by atoms with Gasteiger partial charge in [-0.15, -0.1) is 0 Å². The van der Waals surface area contributed by atoms with E-state index < -0.39 is 16.0 Å². The Bertz CT molecular complexity index is 586. The van der Waals surface area contributed by atoms with E-state index in [0.717, 1.165) is 12.8 Å². The van der Waals surface area contributed by atoms with Crippen LogP contribution in [-0.2, 0) is 14.8 Å². The lowest BCUT2D eigenvalue weighted by molar-refractivity contribution is -0.141. The molecule has 4 N–H and O–H groups in total. The number of carboxylic acids is 1. The van der Waals surface area contributed by atoms with Crippen molar-refractivity contribution in [2.24, 2.45) is 11.1 Å². The maximum atomic E-state index is 11.5. The molecule has 21 heavy (non-hydrogen) atoms. The van der Waals surface area contributed by atoms with Crippen molar-refractivity contribution in [2.45, 2.75) is 44.0 Å². The smallest absolute Gasteiger partial charge is 0.306 e. The molecule has 1 rings (SSSR count). The third kappa shape index (κ3) is 5.73. The van der Waals surface area contributed by atoms with Crippen molar-refractivity contribution in [3.63, 3.8) is 0 Å². The van der Waals surface area contributed by atoms with Crippen LogP contribution >= 0.6 is 0 Å². The number of carboxylic acid groups (broad SMARTS) is 1. The Balaban J connectivity index is 2.60. The van der Waals surface area contributed by atoms with Crippen LogP contribution in [0, 0.1) is 5.92 Å². The number of rotatable bonds is 8. The second kappa shape index (κ2) is 7.42. The number of aliphatic carboxylic acids is 1. The summed E-state index contributed by atoms with van der Waals surface area (Å²) in [5, 5.41) is 17.1. The van der Waals surface area contributed by atoms with Crippen LogP contribution in [0.5, 0.6) is 0 Å². The monoisotopic (exact) mass is 314 g/mol. The minimum Gasteiger partial charge on any atom is -0.481 e. The van der Waals surface area contributed by atoms with E-state index in [-0.39, 0.29) is 16.9 Å². The minimum absolute atomic E-state index is 0.0221. The van der Waals surface area contributed by atoms with Crippen molar-refractivity contribution >= 4 is 21.7 Å². The summed E-state index contributed by atoms with van der Waals surface area (Å²) >= 11 is 0. The van der Waals surface area contributed by atoms with E-state index in [1.807, 2.05) is 6.92 Å². The zero-order valence-corrected chi connectivity index (χ0v) is 13.1. The molecule has 0 saturated heterocycles. The maximum absolute atomic E-state index is 11.5. The predicted octanol–water partition coefficient (Wildman–Crippen LogP) is 2.03. The van der Waals surface area contributed by atoms with Crippen LogP contribution in [0.15, 0.2) is 29.2 Å². The average molecular weight is 314 g/mol. The maximum Gasteiger partial charge on any atom is 0.306 e. The Morgan fingerprint density at radius 2 is 1.90 bits per heavy atom. The van der Waals surface area contributed by atoms with E-state index in [1.54, 1.807) is 25.1 Å². The zero-order chi connectivity index (χ0) is 16.0. The van der Waals surface area contributed by atoms with E-state index in [4.69, 9.17) is 10.2 Å². The molecule has 1 aromatic rings. The fourth-order valence-corrected chi connectivity index (χ4v) is 2.73. The normalized spacial score (nSPS) is 14.4. The van der Waals surface area contributed by atoms with Gasteiger partial charge in [0.1, 0.15) is 4.90 Å². The van der Waals surface area contributed by atoms with Crippen molar-refractivity contribution in [2.75, 3.05) is 5.32 Å². The van der Waals surface area contributed by atoms with Gasteiger partial charge in [0.15, 0.2) is 0 Å². The fourth-order valence-electron chi connectivity index (χ4n) is 2.03. The number of anilines is 1. The molecule has 0 amide bonds. The molecule has 0 saturated carbocycles. The van der Waals surface area contributed by atoms with Gasteiger partial charge in [0.2, 0.25) is 10.0 Å². The standard InChI is InChI=1S/C14H22N2O4S/c1-10(14(17)18)6-5-7-11(2)16-12-8-3-4-9-13(12)21(15,19)20/h3-4,8-11,16H,5-7H2,1-2H3,(H,17,18)(H2,15,19,20). The zero-order valence-electron chi connectivity index (χ0n) is 12.2. The molecule has 0 aromatic heterocycles. The van der Waals surface area contributed by atoms with Gasteiger partial charge in [-0.2, -0.15) is 0 Å². The summed E-state index contributed by atoms with van der Waals surface area (Å²) in [6, 6.07) is 6.49. The van der Waals surface area contributed by atoms with Crippen LogP contribution in [-0.4, -0.2) is 25.5 Å². The van der Waals surface area contributed by atoms with Gasteiger partial charge in [0.05, 0.1) is 11.6 Å². The molecule has 0 aliphatic carbocycles. The van der Waals surface area contributed by atoms with Crippen molar-refractivity contribution in [1.82, 2.24) is 0 Å². The number of primary sulfonamides is 1. The molecule has 6 nitrogen and oxygen atoms in total. The summed E-state index contributed by atoms with van der Waals surface area (Å²) < 4.78 is 23.0. The number of sulfonamides is 1. The van der Waals surface area contributed by atoms with E-state index >= 15 is 0 Å². The Kier molecular flexibility index (Phi) is 6.17. The van der Waals surface area contributed by atoms with Gasteiger partial charge in [-0.25, -0.2) is 13.6 Å². The molecule has 0 bridgehead atoms. The molecule has 0 fully saturated rings. The first-order valence-electron chi connectivity index (χ1n) is 6.83. The molecule has 0 spiro atoms. The highest BCUT2D eigenvalue weighted by Gasteiger charge is 2.15. The summed E-state index contributed by atoms with van der Waals surface area (Å²) in [6.07, 6.45) is 2.09. The highest BCUT2D eigenvalue weighted by Crippen LogP contribution is 2.21. The summed E-state index contributed by atoms with van der Waals surface area (Å²) in [7, 11) is -3.76. The molecular weight excluding hydrogens is 292 g/mol. The van der Waals surface area contributed by atoms with E-state index in [1.165, 1.54) is 6.07 Å². The minimum atomic E-state index is -3.76. The number of hydrogen-bond donors (Lipinski definition) is 3. The van der Waals surface area contributed by atoms with Gasteiger partial charge in [-0.05, 0) is 31.9 Å². The number of benzene rings is 1. The fraction of sp³-hybridized carbons (Fsp3) is 0.500. The molecule has 0 heterocycles. The third-order valence-corrected chi connectivity index (χ3v) is 4.26. The second-order valence-electron chi connectivity index (χ2n) is 5.26. The van der Waals surface area contributed by atoms with Crippen molar-refractivity contribution in [1.29, 1.82) is 0 Å². The number of para-hydroxylation sites is 1. The number of nitrogens with one attached hydrogen (secondary N) is 1. The average Bonchev–Trinajstić information content (AvgIpc) is 2.37. The Morgan fingerprint density at radius 3 is 2.48 bits per heavy atom. The Morgan fingerprint density at radius 1 is 1.29 bits per heavy atom. The van der Waals surface area contributed by atoms with Gasteiger partial charge < -0.3 is 10.4 Å². The van der Waals surface area contributed by atoms with Crippen LogP contribution in [0.2, 0.25) is 0 Å². The van der Waals surface area contributed by atoms with Gasteiger partial charge in [-0.3, -0.25) is 4.79 Å². The summed E-state index contributed by atoms with van der Waals surface area (Å²) in [5.41, 5.74) is 0.471. The second-order valence-corrected chi connectivity index (χ2v) is 6.79. The molecular formula is C14H22N2O4S. The first-order chi connectivity index (χ1) is 9.71. The number of nitrogens with two attached hydrogens (primary N) is 1. The topological polar surface area (TPSA) is 109 Å². The van der Waals surface area contributed by atoms with Gasteiger partial charge in [-0.1, -0.05) is 25.5 Å². The highest BCUT2D eigenvalue weighted by molar-refractivity contribution is 7.89. The van der Waals surface area contributed by atoms with Crippen LogP contribution in [0.4, 0.5) is 5.69 Å². The molecule has 2 atom stereocenters. The van der Waals surface area contributed by atoms with Gasteiger partial charge >= 0.3 is 5.97 Å². The molecule has 2 unspecified atom stereocenters. The van der Waals surface area contributed by atoms with Crippen molar-refractivity contribution in [3.8, 4) is 0 Å². The van der Waals surface area contributed by atoms with Crippen molar-refractivity contribution in [3.05, 3.63) is 24.3 Å². The van der Waals surface area contributed by atoms with Crippen LogP contribution in [0.1, 0.15) is 33.1 Å². The first-order valence-corrected chi connectivity index (χ1v) is 8.37. The van der Waals surface area contributed by atoms with Crippen LogP contribution < -0.4 is 10.5 Å². The van der Waals surface area contributed by atoms with Gasteiger partial charge in [0.25, 0.3) is 0 Å². The lowest BCUT2D eigenvalue weighted by Crippen LogP contribution is -2.20. The van der Waals surface area contributed by atoms with E-state index in [0.29, 0.717) is 12.1 Å². The molecule has 7 heteroatoms. The molecule has 1 aromatic carbocycles. The molecule has 0 radical (unpaired) electrons. The third-order valence-electron chi connectivity index (χ3n) is 3.29. The summed E-state index contributed by atoms with van der Waals surface area (Å²) in [6.45, 7) is 3.60. The molecule has 118 valence electrons. The quantitative estimate of drug-likeness (QED) is 0.680. The Labute approximate surface area is 125 Å². The number of carbonyl (C=O) groups is 1. The van der Waals surface area contributed by atoms with Crippen molar-refractivity contribution < 1.29 is 18.3 Å². The predicted molar refractivity (Wildman–Crippen MR) is 81.6 cm³/mol. The Hall–Kier alpha value is -1.60. The first kappa shape index (κ1) is 17.5. The van der Waals surface area contributed by atoms with Gasteiger partial charge in [0, 0.05) is 6.04 Å². The molecule has 0 aliphatic heterocycles. The summed E-state index contributed by atoms with van der Waals surface area (Å²) in [5.74, 6) is -1.16. The SMILES string of the molecule is CC(CCCC(C)C(=O)O)Nc1ccccc1S(N)(=O)=O. The molecule has 0 aliphatic rings. The lowest BCUT2D eigenvalue weighted by atomic mass is 10.0. The van der Waals surface area contributed by atoms with E-state index in [2.05, 4.69) is 5.32 Å². The summed E-state index contributed by atoms with van der Waals surface area (Å²) in [4.78, 5) is 10.8. The van der Waals surface area contributed by atoms with E-state index in [9.17, 15) is 13.2 Å². The largest absolute Gasteiger partial charge is 0.481 e. The van der Waals surface area contributed by atoms with Crippen LogP contribution in [0.3, 0.4) is 0 Å². The highest BCUT2D eigenvalue weighted by atomic mass is 32.2. The number of hydrogen-bond acceptors (Lipinski definition) is 4.